The topological polar surface area (TPSA) is 61.0 Å². The fourth-order valence-electron chi connectivity index (χ4n) is 2.53. The Bertz CT molecular complexity index is 593. The number of carbonyl (C=O) groups is 1. The molecule has 2 N–H and O–H groups in total. The van der Waals surface area contributed by atoms with E-state index in [1.807, 2.05) is 32.3 Å². The number of carbonyl (C=O) groups excluding carboxylic acids is 1. The zero-order valence-corrected chi connectivity index (χ0v) is 13.2. The van der Waals surface area contributed by atoms with Crippen LogP contribution in [-0.2, 0) is 0 Å². The van der Waals surface area contributed by atoms with E-state index < -0.39 is 0 Å². The van der Waals surface area contributed by atoms with Gasteiger partial charge in [-0.05, 0) is 44.6 Å². The van der Waals surface area contributed by atoms with E-state index in [4.69, 9.17) is 0 Å². The quantitative estimate of drug-likeness (QED) is 0.857. The predicted molar refractivity (Wildman–Crippen MR) is 85.4 cm³/mol. The monoisotopic (exact) mass is 288 g/mol. The van der Waals surface area contributed by atoms with Crippen molar-refractivity contribution in [2.24, 2.45) is 5.92 Å². The third-order valence-electron chi connectivity index (χ3n) is 3.36. The Morgan fingerprint density at radius 1 is 1.38 bits per heavy atom. The van der Waals surface area contributed by atoms with Crippen LogP contribution in [-0.4, -0.2) is 47.5 Å². The van der Waals surface area contributed by atoms with E-state index in [9.17, 15) is 4.79 Å². The van der Waals surface area contributed by atoms with Crippen LogP contribution in [0.2, 0.25) is 0 Å². The van der Waals surface area contributed by atoms with Crippen molar-refractivity contribution in [3.8, 4) is 0 Å². The summed E-state index contributed by atoms with van der Waals surface area (Å²) in [5, 5.41) is 3.14. The van der Waals surface area contributed by atoms with Crippen LogP contribution >= 0.6 is 0 Å². The molecule has 0 fully saturated rings. The van der Waals surface area contributed by atoms with Gasteiger partial charge in [-0.15, -0.1) is 0 Å². The Morgan fingerprint density at radius 3 is 2.81 bits per heavy atom. The van der Waals surface area contributed by atoms with Crippen molar-refractivity contribution >= 4 is 16.9 Å². The summed E-state index contributed by atoms with van der Waals surface area (Å²) >= 11 is 0. The molecule has 5 heteroatoms. The molecule has 5 nitrogen and oxygen atoms in total. The van der Waals surface area contributed by atoms with Crippen molar-refractivity contribution in [2.45, 2.75) is 26.3 Å². The Kier molecular flexibility index (Phi) is 4.96. The van der Waals surface area contributed by atoms with Gasteiger partial charge >= 0.3 is 0 Å². The van der Waals surface area contributed by atoms with Crippen LogP contribution in [0.1, 0.15) is 30.6 Å². The molecule has 2 aromatic rings. The normalized spacial score (nSPS) is 13.0. The molecule has 1 amide bonds. The molecule has 0 aliphatic rings. The molecule has 1 aromatic heterocycles. The highest BCUT2D eigenvalue weighted by molar-refractivity contribution is 5.97. The molecule has 0 saturated heterocycles. The smallest absolute Gasteiger partial charge is 0.251 e. The van der Waals surface area contributed by atoms with Crippen molar-refractivity contribution < 1.29 is 4.79 Å². The van der Waals surface area contributed by atoms with Crippen LogP contribution in [0.15, 0.2) is 24.5 Å². The van der Waals surface area contributed by atoms with Gasteiger partial charge in [0.15, 0.2) is 0 Å². The maximum absolute atomic E-state index is 12.4. The molecule has 0 aliphatic heterocycles. The number of aromatic nitrogens is 2. The van der Waals surface area contributed by atoms with Crippen molar-refractivity contribution in [3.05, 3.63) is 30.1 Å². The van der Waals surface area contributed by atoms with Gasteiger partial charge < -0.3 is 15.2 Å². The first kappa shape index (κ1) is 15.5. The van der Waals surface area contributed by atoms with E-state index in [-0.39, 0.29) is 11.9 Å². The van der Waals surface area contributed by atoms with E-state index in [1.54, 1.807) is 6.33 Å². The molecular formula is C16H24N4O. The number of nitrogens with zero attached hydrogens (tertiary/aromatic N) is 2. The fraction of sp³-hybridized carbons (Fsp3) is 0.500. The molecule has 21 heavy (non-hydrogen) atoms. The molecule has 1 unspecified atom stereocenters. The average Bonchev–Trinajstić information content (AvgIpc) is 2.83. The first-order valence-corrected chi connectivity index (χ1v) is 7.34. The van der Waals surface area contributed by atoms with Gasteiger partial charge in [-0.3, -0.25) is 4.79 Å². The van der Waals surface area contributed by atoms with Crippen LogP contribution in [0.5, 0.6) is 0 Å². The van der Waals surface area contributed by atoms with Crippen molar-refractivity contribution in [1.29, 1.82) is 0 Å². The SMILES string of the molecule is CC(C)CC(CN(C)C)NC(=O)c1ccc2nc[nH]c2c1. The Morgan fingerprint density at radius 2 is 2.14 bits per heavy atom. The summed E-state index contributed by atoms with van der Waals surface area (Å²) in [6, 6.07) is 5.69. The Labute approximate surface area is 125 Å². The molecule has 0 saturated carbocycles. The molecule has 1 heterocycles. The molecule has 2 rings (SSSR count). The second kappa shape index (κ2) is 6.72. The van der Waals surface area contributed by atoms with Gasteiger partial charge in [-0.1, -0.05) is 13.8 Å². The van der Waals surface area contributed by atoms with Crippen molar-refractivity contribution in [2.75, 3.05) is 20.6 Å². The summed E-state index contributed by atoms with van der Waals surface area (Å²) in [5.74, 6) is 0.518. The number of benzene rings is 1. The third kappa shape index (κ3) is 4.29. The first-order valence-electron chi connectivity index (χ1n) is 7.34. The largest absolute Gasteiger partial charge is 0.348 e. The molecule has 1 atom stereocenters. The molecular weight excluding hydrogens is 264 g/mol. The summed E-state index contributed by atoms with van der Waals surface area (Å²) in [6.45, 7) is 5.19. The highest BCUT2D eigenvalue weighted by Crippen LogP contribution is 2.12. The van der Waals surface area contributed by atoms with Gasteiger partial charge in [-0.25, -0.2) is 4.98 Å². The van der Waals surface area contributed by atoms with Gasteiger partial charge in [-0.2, -0.15) is 0 Å². The summed E-state index contributed by atoms with van der Waals surface area (Å²) in [5.41, 5.74) is 2.42. The highest BCUT2D eigenvalue weighted by atomic mass is 16.1. The van der Waals surface area contributed by atoms with Gasteiger partial charge in [0.1, 0.15) is 0 Å². The summed E-state index contributed by atoms with van der Waals surface area (Å²) in [6.07, 6.45) is 2.61. The van der Waals surface area contributed by atoms with Crippen LogP contribution in [0.3, 0.4) is 0 Å². The number of nitrogens with one attached hydrogen (secondary N) is 2. The maximum atomic E-state index is 12.4. The van der Waals surface area contributed by atoms with Gasteiger partial charge in [0.2, 0.25) is 0 Å². The predicted octanol–water partition coefficient (Wildman–Crippen LogP) is 2.27. The second-order valence-corrected chi connectivity index (χ2v) is 6.20. The third-order valence-corrected chi connectivity index (χ3v) is 3.36. The van der Waals surface area contributed by atoms with E-state index in [0.717, 1.165) is 24.0 Å². The van der Waals surface area contributed by atoms with E-state index in [2.05, 4.69) is 34.0 Å². The number of aromatic amines is 1. The number of hydrogen-bond acceptors (Lipinski definition) is 3. The molecule has 0 radical (unpaired) electrons. The zero-order valence-electron chi connectivity index (χ0n) is 13.2. The minimum Gasteiger partial charge on any atom is -0.348 e. The molecule has 0 spiro atoms. The van der Waals surface area contributed by atoms with Crippen molar-refractivity contribution in [3.63, 3.8) is 0 Å². The molecule has 0 bridgehead atoms. The summed E-state index contributed by atoms with van der Waals surface area (Å²) in [7, 11) is 4.05. The number of likely N-dealkylation sites (N-methyl/N-ethyl adjacent to an activating group) is 1. The highest BCUT2D eigenvalue weighted by Gasteiger charge is 2.16. The van der Waals surface area contributed by atoms with Crippen LogP contribution in [0, 0.1) is 5.92 Å². The zero-order chi connectivity index (χ0) is 15.4. The van der Waals surface area contributed by atoms with Crippen LogP contribution < -0.4 is 5.32 Å². The number of H-pyrrole nitrogens is 1. The Hall–Kier alpha value is -1.88. The van der Waals surface area contributed by atoms with Gasteiger partial charge in [0.25, 0.3) is 5.91 Å². The van der Waals surface area contributed by atoms with E-state index in [0.29, 0.717) is 11.5 Å². The Balaban J connectivity index is 2.09. The molecule has 1 aromatic carbocycles. The average molecular weight is 288 g/mol. The first-order chi connectivity index (χ1) is 9.95. The summed E-state index contributed by atoms with van der Waals surface area (Å²) < 4.78 is 0. The molecule has 0 aliphatic carbocycles. The second-order valence-electron chi connectivity index (χ2n) is 6.20. The van der Waals surface area contributed by atoms with Gasteiger partial charge in [0, 0.05) is 18.2 Å². The molecule has 114 valence electrons. The van der Waals surface area contributed by atoms with Crippen LogP contribution in [0.4, 0.5) is 0 Å². The van der Waals surface area contributed by atoms with Gasteiger partial charge in [0.05, 0.1) is 17.4 Å². The lowest BCUT2D eigenvalue weighted by atomic mass is 10.0. The summed E-state index contributed by atoms with van der Waals surface area (Å²) in [4.78, 5) is 21.7. The lowest BCUT2D eigenvalue weighted by Crippen LogP contribution is -2.42. The standard InChI is InChI=1S/C16H24N4O/c1-11(2)7-13(9-20(3)4)19-16(21)12-5-6-14-15(8-12)18-10-17-14/h5-6,8,10-11,13H,7,9H2,1-4H3,(H,17,18)(H,19,21). The van der Waals surface area contributed by atoms with E-state index in [1.165, 1.54) is 0 Å². The number of amides is 1. The van der Waals surface area contributed by atoms with Crippen molar-refractivity contribution in [1.82, 2.24) is 20.2 Å². The van der Waals surface area contributed by atoms with E-state index >= 15 is 0 Å². The number of rotatable bonds is 6. The minimum atomic E-state index is -0.0287. The number of hydrogen-bond donors (Lipinski definition) is 2. The fourth-order valence-corrected chi connectivity index (χ4v) is 2.53. The number of imidazole rings is 1. The maximum Gasteiger partial charge on any atom is 0.251 e. The van der Waals surface area contributed by atoms with Crippen LogP contribution in [0.25, 0.3) is 11.0 Å². The number of fused-ring (bicyclic) bond motifs is 1. The lowest BCUT2D eigenvalue weighted by molar-refractivity contribution is 0.0924. The lowest BCUT2D eigenvalue weighted by Gasteiger charge is -2.24. The minimum absolute atomic E-state index is 0.0287.